The number of rotatable bonds is 1. The Morgan fingerprint density at radius 2 is 2.17 bits per heavy atom. The van der Waals surface area contributed by atoms with E-state index in [1.807, 2.05) is 13.8 Å². The minimum atomic E-state index is -0.729. The fourth-order valence-corrected chi connectivity index (χ4v) is 1.96. The Hall–Kier alpha value is 0.778. The van der Waals surface area contributed by atoms with Crippen LogP contribution in [0.15, 0.2) is 3.50 Å². The molecule has 1 nitrogen and oxygen atoms in total. The Labute approximate surface area is 50.4 Å². The number of halogens is 1. The van der Waals surface area contributed by atoms with Crippen molar-refractivity contribution in [3.63, 3.8) is 0 Å². The van der Waals surface area contributed by atoms with Gasteiger partial charge >= 0.3 is 50.1 Å². The van der Waals surface area contributed by atoms with Crippen LogP contribution in [0.4, 0.5) is 0 Å². The van der Waals surface area contributed by atoms with Gasteiger partial charge < -0.3 is 0 Å². The molecule has 0 rings (SSSR count). The first kappa shape index (κ1) is 6.78. The van der Waals surface area contributed by atoms with Gasteiger partial charge in [0.2, 0.25) is 0 Å². The van der Waals surface area contributed by atoms with Crippen molar-refractivity contribution in [1.82, 2.24) is 0 Å². The molecule has 0 bridgehead atoms. The Morgan fingerprint density at radius 1 is 1.67 bits per heavy atom. The first-order chi connectivity index (χ1) is 2.77. The standard InChI is InChI=1S/C3H7N.ClH.W/c1-3(2)4;;/h3H,1-2H3;1H;/q;;+1/p-1. The van der Waals surface area contributed by atoms with Crippen LogP contribution < -0.4 is 0 Å². The second-order valence-electron chi connectivity index (χ2n) is 1.27. The molecule has 0 amide bonds. The average Bonchev–Trinajstić information content (AvgIpc) is 1.35. The van der Waals surface area contributed by atoms with E-state index in [1.165, 1.54) is 0 Å². The molecule has 0 saturated heterocycles. The molecule has 0 aromatic heterocycles. The molecule has 37 valence electrons. The van der Waals surface area contributed by atoms with Crippen molar-refractivity contribution in [2.24, 2.45) is 3.50 Å². The second-order valence-corrected chi connectivity index (χ2v) is 3.65. The third-order valence-corrected chi connectivity index (χ3v) is 2.70. The van der Waals surface area contributed by atoms with Crippen molar-refractivity contribution in [3.8, 4) is 0 Å². The molecule has 0 radical (unpaired) electrons. The van der Waals surface area contributed by atoms with Crippen LogP contribution >= 0.6 is 9.42 Å². The van der Waals surface area contributed by atoms with Gasteiger partial charge in [-0.3, -0.25) is 0 Å². The van der Waals surface area contributed by atoms with Gasteiger partial charge in [0.25, 0.3) is 0 Å². The zero-order chi connectivity index (χ0) is 4.99. The van der Waals surface area contributed by atoms with E-state index >= 15 is 0 Å². The Balaban J connectivity index is 3.03. The molecule has 0 atom stereocenters. The van der Waals surface area contributed by atoms with Gasteiger partial charge in [-0.1, -0.05) is 0 Å². The van der Waals surface area contributed by atoms with Crippen LogP contribution in [-0.4, -0.2) is 6.04 Å². The molecule has 0 aromatic carbocycles. The summed E-state index contributed by atoms with van der Waals surface area (Å²) >= 11 is -0.729. The van der Waals surface area contributed by atoms with Crippen molar-refractivity contribution in [3.05, 3.63) is 0 Å². The Bertz CT molecular complexity index is 52.8. The molecule has 0 spiro atoms. The van der Waals surface area contributed by atoms with E-state index in [4.69, 9.17) is 9.42 Å². The summed E-state index contributed by atoms with van der Waals surface area (Å²) in [4.78, 5) is 0. The summed E-state index contributed by atoms with van der Waals surface area (Å²) in [7, 11) is 5.40. The van der Waals surface area contributed by atoms with Crippen LogP contribution in [0.1, 0.15) is 13.8 Å². The molecule has 0 N–H and O–H groups in total. The molecule has 0 heterocycles. The summed E-state index contributed by atoms with van der Waals surface area (Å²) in [6.45, 7) is 4.09. The molecular formula is C3H7ClNW. The monoisotopic (exact) mass is 276 g/mol. The summed E-state index contributed by atoms with van der Waals surface area (Å²) in [6.07, 6.45) is 0. The minimum absolute atomic E-state index is 0.465. The van der Waals surface area contributed by atoms with Crippen molar-refractivity contribution in [2.75, 3.05) is 0 Å². The van der Waals surface area contributed by atoms with E-state index in [0.717, 1.165) is 0 Å². The van der Waals surface area contributed by atoms with Crippen LogP contribution in [0, 0.1) is 0 Å². The Kier molecular flexibility index (Phi) is 4.46. The maximum absolute atomic E-state index is 5.40. The van der Waals surface area contributed by atoms with E-state index in [9.17, 15) is 0 Å². The van der Waals surface area contributed by atoms with Crippen molar-refractivity contribution >= 4 is 9.42 Å². The summed E-state index contributed by atoms with van der Waals surface area (Å²) in [5.74, 6) is 0. The van der Waals surface area contributed by atoms with Crippen molar-refractivity contribution in [1.29, 1.82) is 0 Å². The number of hydrogen-bond acceptors (Lipinski definition) is 1. The van der Waals surface area contributed by atoms with Crippen LogP contribution in [0.2, 0.25) is 0 Å². The first-order valence-electron chi connectivity index (χ1n) is 1.75. The average molecular weight is 276 g/mol. The van der Waals surface area contributed by atoms with Crippen molar-refractivity contribution < 1.29 is 17.3 Å². The van der Waals surface area contributed by atoms with Gasteiger partial charge in [-0.05, 0) is 0 Å². The van der Waals surface area contributed by atoms with Crippen LogP contribution in [0.3, 0.4) is 0 Å². The molecule has 0 aliphatic rings. The zero-order valence-electron chi connectivity index (χ0n) is 3.81. The van der Waals surface area contributed by atoms with Gasteiger partial charge in [-0.25, -0.2) is 0 Å². The van der Waals surface area contributed by atoms with Gasteiger partial charge in [0.1, 0.15) is 0 Å². The fourth-order valence-electron chi connectivity index (χ4n) is 0.0797. The third kappa shape index (κ3) is 4.78. The zero-order valence-corrected chi connectivity index (χ0v) is 7.50. The molecule has 0 aromatic rings. The van der Waals surface area contributed by atoms with Crippen LogP contribution in [0.25, 0.3) is 0 Å². The summed E-state index contributed by atoms with van der Waals surface area (Å²) < 4.78 is 4.06. The van der Waals surface area contributed by atoms with E-state index in [2.05, 4.69) is 3.50 Å². The predicted molar refractivity (Wildman–Crippen MR) is 23.4 cm³/mol. The SMILES string of the molecule is CC(C)[N]=[W][Cl]. The van der Waals surface area contributed by atoms with E-state index in [1.54, 1.807) is 0 Å². The normalized spacial score (nSPS) is 11.3. The summed E-state index contributed by atoms with van der Waals surface area (Å²) in [6, 6.07) is 0.465. The first-order valence-corrected chi connectivity index (χ1v) is 6.70. The van der Waals surface area contributed by atoms with Gasteiger partial charge in [0, 0.05) is 0 Å². The Morgan fingerprint density at radius 3 is 2.17 bits per heavy atom. The molecule has 0 aliphatic heterocycles. The predicted octanol–water partition coefficient (Wildman–Crippen LogP) is 1.81. The van der Waals surface area contributed by atoms with Gasteiger partial charge in [0.15, 0.2) is 0 Å². The molecule has 3 heteroatoms. The van der Waals surface area contributed by atoms with Gasteiger partial charge in [0.05, 0.1) is 0 Å². The topological polar surface area (TPSA) is 12.4 Å². The number of hydrogen-bond donors (Lipinski definition) is 0. The molecular weight excluding hydrogens is 269 g/mol. The molecule has 0 aliphatic carbocycles. The fraction of sp³-hybridized carbons (Fsp3) is 1.00. The molecule has 0 unspecified atom stereocenters. The quantitative estimate of drug-likeness (QED) is 0.693. The summed E-state index contributed by atoms with van der Waals surface area (Å²) in [5.41, 5.74) is 0. The third-order valence-electron chi connectivity index (χ3n) is 0.251. The molecule has 6 heavy (non-hydrogen) atoms. The second kappa shape index (κ2) is 3.95. The summed E-state index contributed by atoms with van der Waals surface area (Å²) in [5, 5.41) is 0. The van der Waals surface area contributed by atoms with Gasteiger partial charge in [-0.15, -0.1) is 0 Å². The molecule has 0 saturated carbocycles. The number of nitrogens with zero attached hydrogens (tertiary/aromatic N) is 1. The molecule has 0 fully saturated rings. The van der Waals surface area contributed by atoms with E-state index < -0.39 is 17.3 Å². The van der Waals surface area contributed by atoms with Crippen LogP contribution in [-0.2, 0) is 17.3 Å². The van der Waals surface area contributed by atoms with Crippen molar-refractivity contribution in [2.45, 2.75) is 19.9 Å². The van der Waals surface area contributed by atoms with Crippen LogP contribution in [0.5, 0.6) is 0 Å². The van der Waals surface area contributed by atoms with E-state index in [0.29, 0.717) is 6.04 Å². The van der Waals surface area contributed by atoms with E-state index in [-0.39, 0.29) is 0 Å². The maximum atomic E-state index is 5.40. The van der Waals surface area contributed by atoms with Gasteiger partial charge in [-0.2, -0.15) is 0 Å².